The van der Waals surface area contributed by atoms with Gasteiger partial charge in [0.25, 0.3) is 0 Å². The van der Waals surface area contributed by atoms with E-state index in [1.54, 1.807) is 5.57 Å². The Balaban J connectivity index is 1.61. The quantitative estimate of drug-likeness (QED) is 0.440. The predicted octanol–water partition coefficient (Wildman–Crippen LogP) is 7.88. The molecule has 1 N–H and O–H groups in total. The largest absolute Gasteiger partial charge is 0.390 e. The average Bonchev–Trinajstić information content (AvgIpc) is 2.96. The first-order valence-corrected chi connectivity index (χ1v) is 13.7. The molecule has 32 heavy (non-hydrogen) atoms. The summed E-state index contributed by atoms with van der Waals surface area (Å²) in [5.74, 6) is 2.53. The van der Waals surface area contributed by atoms with Crippen molar-refractivity contribution in [2.45, 2.75) is 132 Å². The van der Waals surface area contributed by atoms with E-state index in [0.29, 0.717) is 22.5 Å². The molecule has 0 saturated heterocycles. The van der Waals surface area contributed by atoms with Crippen molar-refractivity contribution < 1.29 is 9.90 Å². The number of hydrogen-bond donors (Lipinski definition) is 1. The van der Waals surface area contributed by atoms with E-state index >= 15 is 0 Å². The van der Waals surface area contributed by atoms with Gasteiger partial charge in [0.15, 0.2) is 0 Å². The fourth-order valence-electron chi connectivity index (χ4n) is 9.50. The van der Waals surface area contributed by atoms with E-state index in [2.05, 4.69) is 41.5 Å². The summed E-state index contributed by atoms with van der Waals surface area (Å²) in [5.41, 5.74) is 3.85. The number of carbonyl (C=O) groups excluding carboxylic acids is 1. The van der Waals surface area contributed by atoms with Crippen LogP contribution in [0.5, 0.6) is 0 Å². The second-order valence-corrected chi connectivity index (χ2v) is 14.2. The van der Waals surface area contributed by atoms with Gasteiger partial charge < -0.3 is 5.11 Å². The summed E-state index contributed by atoms with van der Waals surface area (Å²) in [6.07, 6.45) is 12.8. The highest BCUT2D eigenvalue weighted by Gasteiger charge is 2.63. The van der Waals surface area contributed by atoms with Gasteiger partial charge in [-0.2, -0.15) is 0 Å². The summed E-state index contributed by atoms with van der Waals surface area (Å²) in [4.78, 5) is 12.8. The first-order valence-electron chi connectivity index (χ1n) is 13.7. The van der Waals surface area contributed by atoms with Gasteiger partial charge in [0, 0.05) is 11.8 Å². The van der Waals surface area contributed by atoms with Crippen molar-refractivity contribution in [3.63, 3.8) is 0 Å². The zero-order valence-electron chi connectivity index (χ0n) is 22.4. The third kappa shape index (κ3) is 3.48. The van der Waals surface area contributed by atoms with E-state index in [9.17, 15) is 9.90 Å². The van der Waals surface area contributed by atoms with Gasteiger partial charge in [-0.25, -0.2) is 0 Å². The fraction of sp³-hybridized carbons (Fsp3) is 0.900. The van der Waals surface area contributed by atoms with Crippen LogP contribution in [0, 0.1) is 39.4 Å². The smallest absolute Gasteiger partial charge is 0.138 e. The zero-order chi connectivity index (χ0) is 23.7. The molecule has 2 heteroatoms. The van der Waals surface area contributed by atoms with Gasteiger partial charge in [-0.05, 0) is 99.2 Å². The second kappa shape index (κ2) is 7.69. The van der Waals surface area contributed by atoms with Crippen LogP contribution >= 0.6 is 0 Å². The van der Waals surface area contributed by atoms with Crippen molar-refractivity contribution in [2.75, 3.05) is 0 Å². The van der Waals surface area contributed by atoms with Crippen LogP contribution in [0.1, 0.15) is 126 Å². The predicted molar refractivity (Wildman–Crippen MR) is 133 cm³/mol. The number of carbonyl (C=O) groups is 1. The van der Waals surface area contributed by atoms with Gasteiger partial charge in [0.2, 0.25) is 0 Å². The normalized spacial score (nSPS) is 42.3. The topological polar surface area (TPSA) is 37.3 Å². The molecule has 2 fully saturated rings. The number of allylic oxidation sites excluding steroid dienone is 2. The Labute approximate surface area is 198 Å². The first kappa shape index (κ1) is 24.5. The Morgan fingerprint density at radius 3 is 2.31 bits per heavy atom. The highest BCUT2D eigenvalue weighted by atomic mass is 16.3. The van der Waals surface area contributed by atoms with Gasteiger partial charge in [-0.1, -0.05) is 65.5 Å². The van der Waals surface area contributed by atoms with Crippen molar-refractivity contribution in [1.82, 2.24) is 0 Å². The number of hydrogen-bond acceptors (Lipinski definition) is 2. The standard InChI is InChI=1S/C30H50O2/c1-20(10-9-16-26(2,3)32)21-13-18-30(8)23-11-12-24-27(4,5)25(31)15-17-28(24,6)22(23)14-19-29(21,30)7/h20-21,24,32H,9-19H2,1-8H3/t20-,21-,24?,28-,29-,30+/m1/s1. The monoisotopic (exact) mass is 442 g/mol. The molecule has 4 aliphatic carbocycles. The molecule has 1 unspecified atom stereocenters. The van der Waals surface area contributed by atoms with Gasteiger partial charge in [0.05, 0.1) is 5.60 Å². The second-order valence-electron chi connectivity index (χ2n) is 14.2. The summed E-state index contributed by atoms with van der Waals surface area (Å²) in [6, 6.07) is 0. The van der Waals surface area contributed by atoms with Crippen LogP contribution in [0.25, 0.3) is 0 Å². The van der Waals surface area contributed by atoms with Crippen LogP contribution in [0.15, 0.2) is 11.1 Å². The lowest BCUT2D eigenvalue weighted by Crippen LogP contribution is -2.53. The summed E-state index contributed by atoms with van der Waals surface area (Å²) in [7, 11) is 0. The molecule has 0 aromatic heterocycles. The van der Waals surface area contributed by atoms with E-state index < -0.39 is 5.60 Å². The molecule has 4 aliphatic rings. The summed E-state index contributed by atoms with van der Waals surface area (Å²) in [5, 5.41) is 10.1. The van der Waals surface area contributed by atoms with Gasteiger partial charge in [0.1, 0.15) is 5.78 Å². The molecule has 4 rings (SSSR count). The minimum absolute atomic E-state index is 0.166. The number of ketones is 1. The molecule has 2 nitrogen and oxygen atoms in total. The van der Waals surface area contributed by atoms with Crippen molar-refractivity contribution in [3.8, 4) is 0 Å². The molecule has 2 saturated carbocycles. The molecule has 0 aliphatic heterocycles. The number of rotatable bonds is 5. The SMILES string of the molecule is C[C@H](CCCC(C)(C)O)[C@H]1CC[C@@]2(C)C3=C(CC[C@]12C)[C@@]1(C)CCC(=O)C(C)(C)C1CC3. The van der Waals surface area contributed by atoms with Gasteiger partial charge >= 0.3 is 0 Å². The Morgan fingerprint density at radius 1 is 0.969 bits per heavy atom. The molecule has 0 radical (unpaired) electrons. The van der Waals surface area contributed by atoms with Crippen molar-refractivity contribution in [2.24, 2.45) is 39.4 Å². The Kier molecular flexibility index (Phi) is 5.89. The van der Waals surface area contributed by atoms with Crippen LogP contribution in [0.3, 0.4) is 0 Å². The van der Waals surface area contributed by atoms with Crippen molar-refractivity contribution in [1.29, 1.82) is 0 Å². The minimum Gasteiger partial charge on any atom is -0.390 e. The van der Waals surface area contributed by atoms with Gasteiger partial charge in [-0.3, -0.25) is 4.79 Å². The number of Topliss-reactive ketones (excluding diaryl/α,β-unsaturated/α-hetero) is 1. The van der Waals surface area contributed by atoms with E-state index in [1.165, 1.54) is 44.9 Å². The lowest BCUT2D eigenvalue weighted by molar-refractivity contribution is -0.139. The first-order chi connectivity index (χ1) is 14.7. The van der Waals surface area contributed by atoms with E-state index in [0.717, 1.165) is 37.5 Å². The Hall–Kier alpha value is -0.630. The molecule has 0 heterocycles. The van der Waals surface area contributed by atoms with E-state index in [-0.39, 0.29) is 10.8 Å². The molecule has 6 atom stereocenters. The lowest BCUT2D eigenvalue weighted by atomic mass is 9.43. The number of aliphatic hydroxyl groups is 1. The molecular formula is C30H50O2. The molecule has 0 amide bonds. The molecule has 182 valence electrons. The van der Waals surface area contributed by atoms with Crippen LogP contribution < -0.4 is 0 Å². The zero-order valence-corrected chi connectivity index (χ0v) is 22.4. The van der Waals surface area contributed by atoms with Crippen LogP contribution in [-0.2, 0) is 4.79 Å². The maximum Gasteiger partial charge on any atom is 0.138 e. The summed E-state index contributed by atoms with van der Waals surface area (Å²) < 4.78 is 0. The van der Waals surface area contributed by atoms with Crippen molar-refractivity contribution >= 4 is 5.78 Å². The van der Waals surface area contributed by atoms with Crippen molar-refractivity contribution in [3.05, 3.63) is 11.1 Å². The lowest BCUT2D eigenvalue weighted by Gasteiger charge is -2.61. The van der Waals surface area contributed by atoms with Gasteiger partial charge in [-0.15, -0.1) is 0 Å². The van der Waals surface area contributed by atoms with E-state index in [4.69, 9.17) is 0 Å². The third-order valence-electron chi connectivity index (χ3n) is 11.7. The average molecular weight is 443 g/mol. The Morgan fingerprint density at radius 2 is 1.66 bits per heavy atom. The highest BCUT2D eigenvalue weighted by molar-refractivity contribution is 5.85. The number of fused-ring (bicyclic) bond motifs is 4. The van der Waals surface area contributed by atoms with Crippen LogP contribution in [0.4, 0.5) is 0 Å². The van der Waals surface area contributed by atoms with Crippen LogP contribution in [0.2, 0.25) is 0 Å². The molecule has 0 spiro atoms. The minimum atomic E-state index is -0.540. The fourth-order valence-corrected chi connectivity index (χ4v) is 9.50. The maximum absolute atomic E-state index is 12.8. The molecule has 0 aromatic carbocycles. The summed E-state index contributed by atoms with van der Waals surface area (Å²) in [6.45, 7) is 18.6. The third-order valence-corrected chi connectivity index (χ3v) is 11.7. The highest BCUT2D eigenvalue weighted by Crippen LogP contribution is 2.72. The van der Waals surface area contributed by atoms with Crippen LogP contribution in [-0.4, -0.2) is 16.5 Å². The molecule has 0 bridgehead atoms. The molecule has 0 aromatic rings. The summed E-state index contributed by atoms with van der Waals surface area (Å²) >= 11 is 0. The van der Waals surface area contributed by atoms with E-state index in [1.807, 2.05) is 19.4 Å². The molecular weight excluding hydrogens is 392 g/mol. The Bertz CT molecular complexity index is 798. The maximum atomic E-state index is 12.8.